The predicted molar refractivity (Wildman–Crippen MR) is 107 cm³/mol. The summed E-state index contributed by atoms with van der Waals surface area (Å²) in [6, 6.07) is 20.4. The first-order chi connectivity index (χ1) is 13.3. The molecule has 0 saturated carbocycles. The lowest BCUT2D eigenvalue weighted by Crippen LogP contribution is -2.15. The summed E-state index contributed by atoms with van der Waals surface area (Å²) >= 11 is 0. The third-order valence-electron chi connectivity index (χ3n) is 5.47. The summed E-state index contributed by atoms with van der Waals surface area (Å²) < 4.78 is 11.6. The number of hydrogen-bond acceptors (Lipinski definition) is 3. The summed E-state index contributed by atoms with van der Waals surface area (Å²) in [7, 11) is 0. The molecule has 0 radical (unpaired) electrons. The van der Waals surface area contributed by atoms with Crippen LogP contribution in [-0.2, 0) is 19.4 Å². The molecule has 0 unspecified atom stereocenters. The van der Waals surface area contributed by atoms with Crippen molar-refractivity contribution in [3.63, 3.8) is 0 Å². The van der Waals surface area contributed by atoms with Crippen molar-refractivity contribution in [2.45, 2.75) is 32.3 Å². The number of hydrogen-bond donors (Lipinski definition) is 0. The predicted octanol–water partition coefficient (Wildman–Crippen LogP) is 5.40. The standard InChI is InChI=1S/C24H20O3/c25-24-22-11-4-3-10-20(22)21-13-12-18(14-23(21)27-24)26-15-17-8-5-7-16-6-1-2-9-19(16)17/h1-2,5-9,12-14H,3-4,10-11,15H2. The van der Waals surface area contributed by atoms with E-state index in [-0.39, 0.29) is 5.63 Å². The Morgan fingerprint density at radius 2 is 1.67 bits per heavy atom. The number of ether oxygens (including phenoxy) is 1. The summed E-state index contributed by atoms with van der Waals surface area (Å²) in [6.45, 7) is 0.474. The van der Waals surface area contributed by atoms with E-state index in [2.05, 4.69) is 24.3 Å². The first-order valence-electron chi connectivity index (χ1n) is 9.48. The zero-order valence-electron chi connectivity index (χ0n) is 15.0. The van der Waals surface area contributed by atoms with E-state index in [9.17, 15) is 4.79 Å². The molecule has 1 aliphatic rings. The van der Waals surface area contributed by atoms with Crippen LogP contribution in [0.5, 0.6) is 5.75 Å². The van der Waals surface area contributed by atoms with Gasteiger partial charge in [0.25, 0.3) is 0 Å². The zero-order valence-corrected chi connectivity index (χ0v) is 15.0. The van der Waals surface area contributed by atoms with Crippen molar-refractivity contribution < 1.29 is 9.15 Å². The summed E-state index contributed by atoms with van der Waals surface area (Å²) in [5.74, 6) is 0.717. The molecule has 134 valence electrons. The smallest absolute Gasteiger partial charge is 0.339 e. The van der Waals surface area contributed by atoms with Crippen molar-refractivity contribution in [1.82, 2.24) is 0 Å². The topological polar surface area (TPSA) is 39.4 Å². The Kier molecular flexibility index (Phi) is 3.93. The van der Waals surface area contributed by atoms with E-state index in [1.165, 1.54) is 10.8 Å². The first-order valence-corrected chi connectivity index (χ1v) is 9.48. The highest BCUT2D eigenvalue weighted by atomic mass is 16.5. The van der Waals surface area contributed by atoms with Gasteiger partial charge >= 0.3 is 5.63 Å². The lowest BCUT2D eigenvalue weighted by atomic mass is 9.91. The second-order valence-electron chi connectivity index (χ2n) is 7.14. The molecule has 3 heteroatoms. The van der Waals surface area contributed by atoms with Gasteiger partial charge in [0.05, 0.1) is 0 Å². The summed E-state index contributed by atoms with van der Waals surface area (Å²) in [6.07, 6.45) is 3.97. The lowest BCUT2D eigenvalue weighted by molar-refractivity contribution is 0.307. The Labute approximate surface area is 157 Å². The molecule has 0 amide bonds. The summed E-state index contributed by atoms with van der Waals surface area (Å²) in [5.41, 5.74) is 3.59. The molecular weight excluding hydrogens is 336 g/mol. The van der Waals surface area contributed by atoms with Crippen LogP contribution in [-0.4, -0.2) is 0 Å². The van der Waals surface area contributed by atoms with Crippen LogP contribution in [0.2, 0.25) is 0 Å². The first kappa shape index (κ1) is 16.1. The van der Waals surface area contributed by atoms with Crippen LogP contribution in [0, 0.1) is 0 Å². The van der Waals surface area contributed by atoms with E-state index in [0.29, 0.717) is 17.9 Å². The maximum Gasteiger partial charge on any atom is 0.339 e. The number of rotatable bonds is 3. The Hall–Kier alpha value is -3.07. The maximum atomic E-state index is 12.3. The van der Waals surface area contributed by atoms with E-state index < -0.39 is 0 Å². The highest BCUT2D eigenvalue weighted by Crippen LogP contribution is 2.29. The van der Waals surface area contributed by atoms with Crippen LogP contribution in [0.3, 0.4) is 0 Å². The van der Waals surface area contributed by atoms with E-state index >= 15 is 0 Å². The maximum absolute atomic E-state index is 12.3. The minimum absolute atomic E-state index is 0.191. The van der Waals surface area contributed by atoms with Crippen molar-refractivity contribution >= 4 is 21.7 Å². The molecule has 0 N–H and O–H groups in total. The monoisotopic (exact) mass is 356 g/mol. The molecule has 0 fully saturated rings. The van der Waals surface area contributed by atoms with E-state index in [1.54, 1.807) is 0 Å². The van der Waals surface area contributed by atoms with Crippen molar-refractivity contribution in [3.05, 3.63) is 87.8 Å². The molecule has 5 rings (SSSR count). The van der Waals surface area contributed by atoms with Gasteiger partial charge in [-0.1, -0.05) is 42.5 Å². The number of benzene rings is 3. The van der Waals surface area contributed by atoms with E-state index in [1.807, 2.05) is 36.4 Å². The second-order valence-corrected chi connectivity index (χ2v) is 7.14. The van der Waals surface area contributed by atoms with Crippen LogP contribution in [0.1, 0.15) is 29.5 Å². The van der Waals surface area contributed by atoms with Crippen molar-refractivity contribution in [2.75, 3.05) is 0 Å². The quantitative estimate of drug-likeness (QED) is 0.461. The Morgan fingerprint density at radius 3 is 2.59 bits per heavy atom. The molecule has 1 aromatic heterocycles. The fraction of sp³-hybridized carbons (Fsp3) is 0.208. The molecular formula is C24H20O3. The minimum Gasteiger partial charge on any atom is -0.489 e. The molecule has 1 heterocycles. The van der Waals surface area contributed by atoms with E-state index in [0.717, 1.165) is 47.8 Å². The molecule has 0 spiro atoms. The number of aryl methyl sites for hydroxylation is 1. The van der Waals surface area contributed by atoms with Gasteiger partial charge in [-0.15, -0.1) is 0 Å². The normalized spacial score (nSPS) is 13.6. The van der Waals surface area contributed by atoms with Gasteiger partial charge in [0.1, 0.15) is 17.9 Å². The van der Waals surface area contributed by atoms with Crippen molar-refractivity contribution in [3.8, 4) is 5.75 Å². The highest BCUT2D eigenvalue weighted by Gasteiger charge is 2.18. The van der Waals surface area contributed by atoms with Crippen LogP contribution in [0.4, 0.5) is 0 Å². The Bertz CT molecular complexity index is 1200. The highest BCUT2D eigenvalue weighted by molar-refractivity contribution is 5.85. The average Bonchev–Trinajstić information content (AvgIpc) is 2.72. The van der Waals surface area contributed by atoms with Gasteiger partial charge in [0.2, 0.25) is 0 Å². The third-order valence-corrected chi connectivity index (χ3v) is 5.47. The van der Waals surface area contributed by atoms with Crippen LogP contribution in [0.15, 0.2) is 69.9 Å². The molecule has 0 atom stereocenters. The van der Waals surface area contributed by atoms with Gasteiger partial charge in [-0.3, -0.25) is 0 Å². The van der Waals surface area contributed by atoms with Gasteiger partial charge < -0.3 is 9.15 Å². The molecule has 3 aromatic carbocycles. The molecule has 0 saturated heterocycles. The number of fused-ring (bicyclic) bond motifs is 4. The van der Waals surface area contributed by atoms with Gasteiger partial charge in [0.15, 0.2) is 0 Å². The van der Waals surface area contributed by atoms with Crippen LogP contribution >= 0.6 is 0 Å². The fourth-order valence-electron chi connectivity index (χ4n) is 4.09. The SMILES string of the molecule is O=c1oc2cc(OCc3cccc4ccccc34)ccc2c2c1CCCC2. The minimum atomic E-state index is -0.191. The average molecular weight is 356 g/mol. The summed E-state index contributed by atoms with van der Waals surface area (Å²) in [5, 5.41) is 3.44. The molecule has 0 aliphatic heterocycles. The largest absolute Gasteiger partial charge is 0.489 e. The zero-order chi connectivity index (χ0) is 18.2. The van der Waals surface area contributed by atoms with Crippen molar-refractivity contribution in [2.24, 2.45) is 0 Å². The molecule has 3 nitrogen and oxygen atoms in total. The second kappa shape index (κ2) is 6.58. The molecule has 27 heavy (non-hydrogen) atoms. The lowest BCUT2D eigenvalue weighted by Gasteiger charge is -2.16. The van der Waals surface area contributed by atoms with Crippen LogP contribution in [0.25, 0.3) is 21.7 Å². The van der Waals surface area contributed by atoms with Crippen molar-refractivity contribution in [1.29, 1.82) is 0 Å². The molecule has 4 aromatic rings. The van der Waals surface area contributed by atoms with E-state index in [4.69, 9.17) is 9.15 Å². The van der Waals surface area contributed by atoms with Gasteiger partial charge in [-0.25, -0.2) is 4.79 Å². The van der Waals surface area contributed by atoms with Gasteiger partial charge in [-0.05, 0) is 59.7 Å². The van der Waals surface area contributed by atoms with Crippen LogP contribution < -0.4 is 10.4 Å². The Balaban J connectivity index is 1.48. The summed E-state index contributed by atoms with van der Waals surface area (Å²) in [4.78, 5) is 12.3. The molecule has 0 bridgehead atoms. The third kappa shape index (κ3) is 2.89. The van der Waals surface area contributed by atoms with Gasteiger partial charge in [-0.2, -0.15) is 0 Å². The fourth-order valence-corrected chi connectivity index (χ4v) is 4.09. The Morgan fingerprint density at radius 1 is 0.852 bits per heavy atom. The molecule has 1 aliphatic carbocycles. The van der Waals surface area contributed by atoms with Gasteiger partial charge in [0, 0.05) is 17.0 Å².